The maximum atomic E-state index is 5.77. The van der Waals surface area contributed by atoms with Crippen molar-refractivity contribution in [1.29, 1.82) is 0 Å². The number of fused-ring (bicyclic) bond motifs is 1. The fourth-order valence-electron chi connectivity index (χ4n) is 3.70. The molecule has 1 aliphatic carbocycles. The Hall–Kier alpha value is 1.02. The van der Waals surface area contributed by atoms with E-state index in [1.807, 2.05) is 0 Å². The van der Waals surface area contributed by atoms with Crippen molar-refractivity contribution in [1.82, 2.24) is 4.90 Å². The molecule has 1 saturated heterocycles. The first kappa shape index (κ1) is 25.0. The first-order chi connectivity index (χ1) is 7.26. The molecule has 19 heavy (non-hydrogen) atoms. The predicted octanol–water partition coefficient (Wildman–Crippen LogP) is 3.97. The smallest absolute Gasteiger partial charge is 0 e. The summed E-state index contributed by atoms with van der Waals surface area (Å²) in [5.41, 5.74) is 6.24. The van der Waals surface area contributed by atoms with E-state index >= 15 is 0 Å². The second-order valence-corrected chi connectivity index (χ2v) is 6.39. The first-order valence-corrected chi connectivity index (χ1v) is 6.57. The second kappa shape index (κ2) is 8.46. The van der Waals surface area contributed by atoms with Gasteiger partial charge in [-0.1, -0.05) is 27.7 Å². The molecule has 1 unspecified atom stereocenters. The molecule has 0 amide bonds. The van der Waals surface area contributed by atoms with Crippen LogP contribution < -0.4 is 5.73 Å². The quantitative estimate of drug-likeness (QED) is 0.729. The normalized spacial score (nSPS) is 32.5. The summed E-state index contributed by atoms with van der Waals surface area (Å²) >= 11 is 0. The van der Waals surface area contributed by atoms with Gasteiger partial charge in [0.1, 0.15) is 0 Å². The Morgan fingerprint density at radius 1 is 1.05 bits per heavy atom. The third-order valence-corrected chi connectivity index (χ3v) is 4.46. The van der Waals surface area contributed by atoms with Crippen molar-refractivity contribution in [3.63, 3.8) is 0 Å². The third-order valence-electron chi connectivity index (χ3n) is 4.46. The molecule has 0 aromatic carbocycles. The number of hydrogen-bond donors (Lipinski definition) is 1. The van der Waals surface area contributed by atoms with Gasteiger partial charge in [-0.15, -0.1) is 0 Å². The summed E-state index contributed by atoms with van der Waals surface area (Å²) in [6.07, 6.45) is 1.25. The molecule has 0 bridgehead atoms. The molecule has 1 saturated carbocycles. The third kappa shape index (κ3) is 4.02. The molecule has 3 heteroatoms. The molecule has 2 aliphatic rings. The average molecular weight is 345 g/mol. The van der Waals surface area contributed by atoms with Crippen LogP contribution in [0, 0.1) is 32.2 Å². The van der Waals surface area contributed by atoms with E-state index in [-0.39, 0.29) is 58.6 Å². The summed E-state index contributed by atoms with van der Waals surface area (Å²) in [4.78, 5) is 2.28. The van der Waals surface area contributed by atoms with E-state index in [4.69, 9.17) is 5.73 Å². The van der Waals surface area contributed by atoms with Crippen LogP contribution in [0.15, 0.2) is 0 Å². The van der Waals surface area contributed by atoms with Gasteiger partial charge < -0.3 is 18.1 Å². The Labute approximate surface area is 148 Å². The fraction of sp³-hybridized carbons (Fsp3) is 0.875. The van der Waals surface area contributed by atoms with Gasteiger partial charge in [0.2, 0.25) is 0 Å². The maximum absolute atomic E-state index is 5.77. The zero-order valence-electron chi connectivity index (χ0n) is 13.5. The Bertz CT molecular complexity index is 229. The van der Waals surface area contributed by atoms with Gasteiger partial charge in [0.15, 0.2) is 0 Å². The van der Waals surface area contributed by atoms with Crippen LogP contribution in [0.5, 0.6) is 0 Å². The SMILES string of the molecule is C.CCC.[CH2-]N1C(C)(C)[C@@H]2C(CN)[C@@H]2C1(C)C.[CH3-].[Y]. The minimum Gasteiger partial charge on any atom is -0.449 e. The van der Waals surface area contributed by atoms with Gasteiger partial charge >= 0.3 is 0 Å². The number of hydrogen-bond acceptors (Lipinski definition) is 2. The molecule has 0 spiro atoms. The van der Waals surface area contributed by atoms with Crippen LogP contribution >= 0.6 is 0 Å². The summed E-state index contributed by atoms with van der Waals surface area (Å²) < 4.78 is 0. The van der Waals surface area contributed by atoms with E-state index in [1.165, 1.54) is 6.42 Å². The van der Waals surface area contributed by atoms with Crippen LogP contribution in [0.3, 0.4) is 0 Å². The van der Waals surface area contributed by atoms with Crippen LogP contribution in [0.4, 0.5) is 0 Å². The second-order valence-electron chi connectivity index (χ2n) is 6.39. The van der Waals surface area contributed by atoms with Crippen molar-refractivity contribution in [2.24, 2.45) is 23.5 Å². The van der Waals surface area contributed by atoms with Crippen LogP contribution in [0.2, 0.25) is 0 Å². The Morgan fingerprint density at radius 3 is 1.53 bits per heavy atom. The zero-order chi connectivity index (χ0) is 12.7. The first-order valence-electron chi connectivity index (χ1n) is 6.57. The molecule has 2 N–H and O–H groups in total. The fourth-order valence-corrected chi connectivity index (χ4v) is 3.70. The van der Waals surface area contributed by atoms with Crippen LogP contribution in [0.1, 0.15) is 55.4 Å². The molecule has 2 rings (SSSR count). The molecule has 3 atom stereocenters. The van der Waals surface area contributed by atoms with Gasteiger partial charge in [0.05, 0.1) is 0 Å². The molecule has 1 radical (unpaired) electrons. The van der Waals surface area contributed by atoms with Crippen LogP contribution in [0.25, 0.3) is 0 Å². The van der Waals surface area contributed by atoms with Crippen molar-refractivity contribution < 1.29 is 32.7 Å². The van der Waals surface area contributed by atoms with Gasteiger partial charge in [-0.05, 0) is 63.1 Å². The van der Waals surface area contributed by atoms with E-state index in [1.54, 1.807) is 0 Å². The van der Waals surface area contributed by atoms with E-state index < -0.39 is 0 Å². The molecule has 0 aromatic heterocycles. The Kier molecular flexibility index (Phi) is 11.1. The summed E-state index contributed by atoms with van der Waals surface area (Å²) in [5.74, 6) is 2.28. The molecule has 2 nitrogen and oxygen atoms in total. The van der Waals surface area contributed by atoms with Crippen molar-refractivity contribution in [3.8, 4) is 0 Å². The molecular weight excluding hydrogens is 309 g/mol. The minimum atomic E-state index is 0. The van der Waals surface area contributed by atoms with E-state index in [0.29, 0.717) is 0 Å². The van der Waals surface area contributed by atoms with Crippen molar-refractivity contribution >= 4 is 0 Å². The number of nitrogens with zero attached hydrogens (tertiary/aromatic N) is 1. The number of nitrogens with two attached hydrogens (primary N) is 1. The molecule has 115 valence electrons. The zero-order valence-corrected chi connectivity index (χ0v) is 16.3. The van der Waals surface area contributed by atoms with E-state index in [0.717, 1.165) is 24.3 Å². The molecule has 2 fully saturated rings. The summed E-state index contributed by atoms with van der Waals surface area (Å²) in [6, 6.07) is 0. The predicted molar refractivity (Wildman–Crippen MR) is 84.0 cm³/mol. The standard InChI is InChI=1S/C11H21N2.C3H8.CH4.CH3.Y/c1-10(2)8-7(6-12)9(8)11(3,4)13(10)5;1-3-2;;;/h7-9H,5-6,12H2,1-4H3;3H2,1-2H3;1H4;1H3;/q-1;;;-1;/t7?,8-,9+;;;;. The van der Waals surface area contributed by atoms with Crippen molar-refractivity contribution in [2.45, 2.75) is 66.5 Å². The number of likely N-dealkylation sites (tertiary alicyclic amines) is 1. The van der Waals surface area contributed by atoms with Crippen LogP contribution in [-0.2, 0) is 32.7 Å². The number of rotatable bonds is 1. The van der Waals surface area contributed by atoms with E-state index in [2.05, 4.69) is 53.5 Å². The van der Waals surface area contributed by atoms with Gasteiger partial charge in [-0.25, -0.2) is 0 Å². The van der Waals surface area contributed by atoms with Gasteiger partial charge in [-0.2, -0.15) is 0 Å². The number of piperidine rings is 1. The summed E-state index contributed by atoms with van der Waals surface area (Å²) in [7, 11) is 4.19. The van der Waals surface area contributed by atoms with Crippen molar-refractivity contribution in [3.05, 3.63) is 14.5 Å². The largest absolute Gasteiger partial charge is 0.449 e. The maximum Gasteiger partial charge on any atom is 0 e. The topological polar surface area (TPSA) is 29.3 Å². The van der Waals surface area contributed by atoms with E-state index in [9.17, 15) is 0 Å². The Balaban J connectivity index is -0.000000393. The Morgan fingerprint density at radius 2 is 1.32 bits per heavy atom. The molecule has 1 heterocycles. The van der Waals surface area contributed by atoms with Gasteiger partial charge in [-0.3, -0.25) is 7.05 Å². The summed E-state index contributed by atoms with van der Waals surface area (Å²) in [6.45, 7) is 14.3. The van der Waals surface area contributed by atoms with Gasteiger partial charge in [0, 0.05) is 32.7 Å². The van der Waals surface area contributed by atoms with Crippen molar-refractivity contribution in [2.75, 3.05) is 6.54 Å². The monoisotopic (exact) mass is 345 g/mol. The molecular formula is C16H36N2Y-2. The summed E-state index contributed by atoms with van der Waals surface area (Å²) in [5, 5.41) is 0. The van der Waals surface area contributed by atoms with Gasteiger partial charge in [0.25, 0.3) is 0 Å². The molecule has 1 aliphatic heterocycles. The minimum absolute atomic E-state index is 0. The average Bonchev–Trinajstić information content (AvgIpc) is 2.89. The van der Waals surface area contributed by atoms with Crippen LogP contribution in [-0.4, -0.2) is 22.5 Å². The molecule has 0 aromatic rings.